The second-order valence-electron chi connectivity index (χ2n) is 8.88. The van der Waals surface area contributed by atoms with Crippen molar-refractivity contribution >= 4 is 16.6 Å². The van der Waals surface area contributed by atoms with E-state index in [1.807, 2.05) is 29.7 Å². The molecule has 5 nitrogen and oxygen atoms in total. The lowest BCUT2D eigenvalue weighted by atomic mass is 9.88. The van der Waals surface area contributed by atoms with Gasteiger partial charge in [0.1, 0.15) is 5.82 Å². The minimum atomic E-state index is -0.186. The molecule has 0 radical (unpaired) electrons. The number of benzene rings is 2. The average molecular weight is 420 g/mol. The Kier molecular flexibility index (Phi) is 4.33. The highest BCUT2D eigenvalue weighted by Gasteiger charge is 2.31. The fourth-order valence-corrected chi connectivity index (χ4v) is 5.02. The zero-order valence-corrected chi connectivity index (χ0v) is 18.1. The van der Waals surface area contributed by atoms with E-state index in [4.69, 9.17) is 10.7 Å². The molecular weight excluding hydrogens is 394 g/mol. The highest BCUT2D eigenvalue weighted by Crippen LogP contribution is 2.38. The van der Waals surface area contributed by atoms with Gasteiger partial charge in [-0.1, -0.05) is 67.4 Å². The molecule has 0 saturated heterocycles. The van der Waals surface area contributed by atoms with E-state index in [-0.39, 0.29) is 5.54 Å². The molecule has 0 amide bonds. The largest absolute Gasteiger partial charge is 0.321 e. The second kappa shape index (κ2) is 7.24. The van der Waals surface area contributed by atoms with Gasteiger partial charge in [-0.05, 0) is 43.0 Å². The fraction of sp³-hybridized carbons (Fsp3) is 0.222. The molecule has 0 spiro atoms. The van der Waals surface area contributed by atoms with E-state index >= 15 is 0 Å². The predicted molar refractivity (Wildman–Crippen MR) is 128 cm³/mol. The lowest BCUT2D eigenvalue weighted by molar-refractivity contribution is 0.462. The molecule has 2 aromatic carbocycles. The Labute approximate surface area is 186 Å². The first kappa shape index (κ1) is 19.1. The van der Waals surface area contributed by atoms with Crippen molar-refractivity contribution in [2.24, 2.45) is 5.73 Å². The topological polar surface area (TPSA) is 69.1 Å². The maximum Gasteiger partial charge on any atom is 0.170 e. The predicted octanol–water partition coefficient (Wildman–Crippen LogP) is 5.65. The van der Waals surface area contributed by atoms with Crippen LogP contribution >= 0.6 is 0 Å². The average Bonchev–Trinajstić information content (AvgIpc) is 3.45. The van der Waals surface area contributed by atoms with Crippen molar-refractivity contribution in [1.82, 2.24) is 19.6 Å². The monoisotopic (exact) mass is 419 g/mol. The number of aromatic nitrogens is 4. The molecule has 3 heterocycles. The molecule has 1 fully saturated rings. The van der Waals surface area contributed by atoms with Gasteiger partial charge in [0.25, 0.3) is 0 Å². The Morgan fingerprint density at radius 1 is 0.875 bits per heavy atom. The summed E-state index contributed by atoms with van der Waals surface area (Å²) in [5.74, 6) is 0.866. The number of nitrogens with two attached hydrogens (primary N) is 1. The van der Waals surface area contributed by atoms with Gasteiger partial charge in [-0.3, -0.25) is 4.40 Å². The van der Waals surface area contributed by atoms with Gasteiger partial charge >= 0.3 is 0 Å². The summed E-state index contributed by atoms with van der Waals surface area (Å²) >= 11 is 0. The summed E-state index contributed by atoms with van der Waals surface area (Å²) in [6.45, 7) is 1.96. The van der Waals surface area contributed by atoms with Crippen molar-refractivity contribution in [3.63, 3.8) is 0 Å². The Balaban J connectivity index is 1.56. The van der Waals surface area contributed by atoms with Crippen molar-refractivity contribution in [3.8, 4) is 22.4 Å². The molecular formula is C27H25N5. The van der Waals surface area contributed by atoms with Gasteiger partial charge in [0.05, 0.1) is 11.2 Å². The molecule has 1 aliphatic rings. The van der Waals surface area contributed by atoms with Crippen LogP contribution in [0.3, 0.4) is 0 Å². The van der Waals surface area contributed by atoms with Crippen LogP contribution < -0.4 is 5.73 Å². The Morgan fingerprint density at radius 2 is 1.62 bits per heavy atom. The third-order valence-electron chi connectivity index (χ3n) is 6.85. The van der Waals surface area contributed by atoms with Gasteiger partial charge in [-0.25, -0.2) is 4.98 Å². The van der Waals surface area contributed by atoms with E-state index < -0.39 is 0 Å². The van der Waals surface area contributed by atoms with Crippen molar-refractivity contribution < 1.29 is 0 Å². The van der Waals surface area contributed by atoms with E-state index in [1.54, 1.807) is 0 Å². The van der Waals surface area contributed by atoms with Crippen LogP contribution in [0.4, 0.5) is 0 Å². The lowest BCUT2D eigenvalue weighted by Gasteiger charge is -2.24. The van der Waals surface area contributed by atoms with E-state index in [0.29, 0.717) is 0 Å². The molecule has 2 N–H and O–H groups in total. The minimum absolute atomic E-state index is 0.186. The standard InChI is InChI=1S/C27H25N5/c1-18-30-31-26-23-17-22(19-7-3-2-4-8-19)25(29-24(23)13-16-32(18)26)20-9-11-21(12-10-20)27(28)14-5-6-15-27/h2-4,7-13,16-17H,5-6,14-15,28H2,1H3. The quantitative estimate of drug-likeness (QED) is 0.410. The summed E-state index contributed by atoms with van der Waals surface area (Å²) in [7, 11) is 0. The van der Waals surface area contributed by atoms with Crippen molar-refractivity contribution in [2.75, 3.05) is 0 Å². The van der Waals surface area contributed by atoms with E-state index in [2.05, 4.69) is 64.8 Å². The van der Waals surface area contributed by atoms with E-state index in [0.717, 1.165) is 57.6 Å². The molecule has 0 aliphatic heterocycles. The van der Waals surface area contributed by atoms with Crippen molar-refractivity contribution in [2.45, 2.75) is 38.1 Å². The highest BCUT2D eigenvalue weighted by atomic mass is 15.2. The Morgan fingerprint density at radius 3 is 2.38 bits per heavy atom. The normalized spacial score (nSPS) is 15.6. The van der Waals surface area contributed by atoms with Gasteiger partial charge in [-0.15, -0.1) is 10.2 Å². The van der Waals surface area contributed by atoms with Crippen molar-refractivity contribution in [1.29, 1.82) is 0 Å². The number of hydrogen-bond acceptors (Lipinski definition) is 4. The third-order valence-corrected chi connectivity index (χ3v) is 6.85. The Bertz CT molecular complexity index is 1430. The number of aryl methyl sites for hydroxylation is 1. The molecule has 0 bridgehead atoms. The summed E-state index contributed by atoms with van der Waals surface area (Å²) in [6, 6.07) is 23.4. The summed E-state index contributed by atoms with van der Waals surface area (Å²) < 4.78 is 2.01. The zero-order valence-electron chi connectivity index (χ0n) is 18.1. The first-order chi connectivity index (χ1) is 15.6. The minimum Gasteiger partial charge on any atom is -0.321 e. The number of nitrogens with zero attached hydrogens (tertiary/aromatic N) is 4. The van der Waals surface area contributed by atoms with Gasteiger partial charge in [0, 0.05) is 28.2 Å². The zero-order chi connectivity index (χ0) is 21.7. The maximum absolute atomic E-state index is 6.69. The van der Waals surface area contributed by atoms with Crippen LogP contribution in [0, 0.1) is 6.92 Å². The summed E-state index contributed by atoms with van der Waals surface area (Å²) in [5, 5.41) is 9.66. The van der Waals surface area contributed by atoms with E-state index in [1.165, 1.54) is 18.4 Å². The van der Waals surface area contributed by atoms with Crippen LogP contribution in [0.1, 0.15) is 37.1 Å². The SMILES string of the molecule is Cc1nnc2c3cc(-c4ccccc4)c(-c4ccc(C5(N)CCCC5)cc4)nc3ccn12. The van der Waals surface area contributed by atoms with Crippen molar-refractivity contribution in [3.05, 3.63) is 84.3 Å². The second-order valence-corrected chi connectivity index (χ2v) is 8.88. The van der Waals surface area contributed by atoms with Gasteiger partial charge in [-0.2, -0.15) is 0 Å². The smallest absolute Gasteiger partial charge is 0.170 e. The fourth-order valence-electron chi connectivity index (χ4n) is 5.02. The van der Waals surface area contributed by atoms with Crippen LogP contribution in [0.15, 0.2) is 72.9 Å². The first-order valence-electron chi connectivity index (χ1n) is 11.2. The number of fused-ring (bicyclic) bond motifs is 3. The molecule has 6 rings (SSSR count). The van der Waals surface area contributed by atoms with Crippen LogP contribution in [-0.4, -0.2) is 19.6 Å². The molecule has 158 valence electrons. The molecule has 3 aromatic heterocycles. The molecule has 5 aromatic rings. The van der Waals surface area contributed by atoms with Gasteiger partial charge < -0.3 is 5.73 Å². The highest BCUT2D eigenvalue weighted by molar-refractivity contribution is 5.98. The molecule has 1 saturated carbocycles. The maximum atomic E-state index is 6.69. The number of hydrogen-bond donors (Lipinski definition) is 1. The van der Waals surface area contributed by atoms with Gasteiger partial charge in [0.15, 0.2) is 5.65 Å². The number of pyridine rings is 2. The molecule has 5 heteroatoms. The summed E-state index contributed by atoms with van der Waals surface area (Å²) in [5.41, 5.74) is 13.7. The summed E-state index contributed by atoms with van der Waals surface area (Å²) in [4.78, 5) is 5.11. The number of rotatable bonds is 3. The van der Waals surface area contributed by atoms with Crippen LogP contribution in [-0.2, 0) is 5.54 Å². The Hall–Kier alpha value is -3.57. The van der Waals surface area contributed by atoms with Crippen LogP contribution in [0.25, 0.3) is 38.9 Å². The molecule has 1 aliphatic carbocycles. The van der Waals surface area contributed by atoms with Gasteiger partial charge in [0.2, 0.25) is 0 Å². The molecule has 0 atom stereocenters. The van der Waals surface area contributed by atoms with E-state index in [9.17, 15) is 0 Å². The molecule has 0 unspecified atom stereocenters. The summed E-state index contributed by atoms with van der Waals surface area (Å²) in [6.07, 6.45) is 6.53. The molecule has 32 heavy (non-hydrogen) atoms. The van der Waals surface area contributed by atoms with Crippen LogP contribution in [0.2, 0.25) is 0 Å². The van der Waals surface area contributed by atoms with Crippen LogP contribution in [0.5, 0.6) is 0 Å². The third kappa shape index (κ3) is 3.00. The first-order valence-corrected chi connectivity index (χ1v) is 11.2. The lowest BCUT2D eigenvalue weighted by Crippen LogP contribution is -2.32.